The first-order chi connectivity index (χ1) is 25.4. The van der Waals surface area contributed by atoms with Crippen molar-refractivity contribution in [2.24, 2.45) is 0 Å². The molecule has 0 bridgehead atoms. The number of nitrogens with one attached hydrogen (secondary N) is 1. The Bertz CT molecular complexity index is 2200. The van der Waals surface area contributed by atoms with Crippen molar-refractivity contribution < 1.29 is 19.4 Å². The van der Waals surface area contributed by atoms with Crippen molar-refractivity contribution in [3.8, 4) is 22.5 Å². The summed E-state index contributed by atoms with van der Waals surface area (Å²) in [4.78, 5) is 44.7. The summed E-state index contributed by atoms with van der Waals surface area (Å²) in [5, 5.41) is 12.8. The molecule has 2 aliphatic carbocycles. The summed E-state index contributed by atoms with van der Waals surface area (Å²) in [7, 11) is 3.45. The van der Waals surface area contributed by atoms with Gasteiger partial charge in [0.15, 0.2) is 11.6 Å². The number of benzene rings is 4. The van der Waals surface area contributed by atoms with E-state index in [0.717, 1.165) is 65.4 Å². The Labute approximate surface area is 302 Å². The van der Waals surface area contributed by atoms with Crippen LogP contribution in [0.25, 0.3) is 44.6 Å². The Balaban J connectivity index is 0.000000162. The fourth-order valence-corrected chi connectivity index (χ4v) is 7.14. The van der Waals surface area contributed by atoms with Crippen LogP contribution in [-0.2, 0) is 4.74 Å². The van der Waals surface area contributed by atoms with E-state index in [0.29, 0.717) is 34.2 Å². The molecule has 8 rings (SSSR count). The van der Waals surface area contributed by atoms with Crippen LogP contribution in [-0.4, -0.2) is 63.2 Å². The Kier molecular flexibility index (Phi) is 10.3. The van der Waals surface area contributed by atoms with Crippen molar-refractivity contribution in [3.05, 3.63) is 108 Å². The second-order valence-electron chi connectivity index (χ2n) is 13.4. The van der Waals surface area contributed by atoms with Crippen molar-refractivity contribution in [2.75, 3.05) is 24.4 Å². The number of methoxy groups -OCH3 is 1. The van der Waals surface area contributed by atoms with Crippen LogP contribution in [0.3, 0.4) is 0 Å². The quantitative estimate of drug-likeness (QED) is 0.149. The molecule has 2 aromatic heterocycles. The van der Waals surface area contributed by atoms with Crippen molar-refractivity contribution in [1.82, 2.24) is 19.9 Å². The van der Waals surface area contributed by atoms with Crippen molar-refractivity contribution in [3.63, 3.8) is 0 Å². The lowest BCUT2D eigenvalue weighted by atomic mass is 10.1. The third-order valence-corrected chi connectivity index (χ3v) is 9.98. The number of anilines is 2. The molecular formula is C42H42N6O4. The van der Waals surface area contributed by atoms with Gasteiger partial charge in [-0.3, -0.25) is 0 Å². The number of esters is 1. The number of carboxylic acids is 1. The first-order valence-electron chi connectivity index (χ1n) is 17.9. The van der Waals surface area contributed by atoms with Crippen LogP contribution < -0.4 is 10.2 Å². The van der Waals surface area contributed by atoms with Gasteiger partial charge in [-0.05, 0) is 62.1 Å². The number of ether oxygens (including phenoxy) is 1. The Hall–Kier alpha value is -5.90. The first kappa shape index (κ1) is 34.5. The summed E-state index contributed by atoms with van der Waals surface area (Å²) >= 11 is 0. The second kappa shape index (κ2) is 15.6. The lowest BCUT2D eigenvalue weighted by Gasteiger charge is -2.27. The van der Waals surface area contributed by atoms with Gasteiger partial charge in [-0.25, -0.2) is 29.5 Å². The highest BCUT2D eigenvalue weighted by molar-refractivity contribution is 5.95. The van der Waals surface area contributed by atoms with E-state index in [-0.39, 0.29) is 11.5 Å². The van der Waals surface area contributed by atoms with Gasteiger partial charge in [0.1, 0.15) is 11.4 Å². The predicted molar refractivity (Wildman–Crippen MR) is 205 cm³/mol. The molecule has 0 spiro atoms. The number of fused-ring (bicyclic) bond motifs is 2. The number of carbonyl (C=O) groups excluding carboxylic acids is 1. The largest absolute Gasteiger partial charge is 0.478 e. The molecule has 0 saturated heterocycles. The number of carbonyl (C=O) groups is 2. The molecule has 6 aromatic rings. The SMILES string of the molecule is CN(c1nc2cc(C(=O)O)ccc2nc1-c1ccccc1)C1CCCC1.COC(=O)c1ccc2nc(-c3ccccc3)c(NC3CCCC3)nc2c1. The molecule has 0 unspecified atom stereocenters. The molecule has 2 aliphatic rings. The van der Waals surface area contributed by atoms with Crippen LogP contribution in [0.1, 0.15) is 72.1 Å². The maximum atomic E-state index is 11.8. The van der Waals surface area contributed by atoms with Crippen LogP contribution in [0.15, 0.2) is 97.1 Å². The van der Waals surface area contributed by atoms with Crippen LogP contribution in [0.4, 0.5) is 11.6 Å². The Morgan fingerprint density at radius 3 is 1.83 bits per heavy atom. The van der Waals surface area contributed by atoms with E-state index in [2.05, 4.69) is 17.3 Å². The fraction of sp³-hybridized carbons (Fsp3) is 0.286. The average Bonchev–Trinajstić information content (AvgIpc) is 3.93. The maximum Gasteiger partial charge on any atom is 0.337 e. The number of aromatic carboxylic acids is 1. The zero-order valence-electron chi connectivity index (χ0n) is 29.5. The molecule has 10 nitrogen and oxygen atoms in total. The maximum absolute atomic E-state index is 11.8. The summed E-state index contributed by atoms with van der Waals surface area (Å²) in [5.74, 6) is 0.272. The smallest absolute Gasteiger partial charge is 0.337 e. The van der Waals surface area contributed by atoms with Gasteiger partial charge in [-0.2, -0.15) is 0 Å². The molecule has 2 fully saturated rings. The second-order valence-corrected chi connectivity index (χ2v) is 13.4. The molecule has 0 amide bonds. The first-order valence-corrected chi connectivity index (χ1v) is 17.9. The molecule has 4 aromatic carbocycles. The topological polar surface area (TPSA) is 130 Å². The van der Waals surface area contributed by atoms with Crippen molar-refractivity contribution in [2.45, 2.75) is 63.5 Å². The fourth-order valence-electron chi connectivity index (χ4n) is 7.14. The van der Waals surface area contributed by atoms with Gasteiger partial charge in [0, 0.05) is 30.3 Å². The van der Waals surface area contributed by atoms with Crippen LogP contribution in [0.2, 0.25) is 0 Å². The van der Waals surface area contributed by atoms with Crippen LogP contribution in [0, 0.1) is 0 Å². The minimum Gasteiger partial charge on any atom is -0.478 e. The van der Waals surface area contributed by atoms with Gasteiger partial charge in [-0.15, -0.1) is 0 Å². The van der Waals surface area contributed by atoms with Gasteiger partial charge in [0.2, 0.25) is 0 Å². The lowest BCUT2D eigenvalue weighted by Crippen LogP contribution is -2.30. The molecule has 2 heterocycles. The van der Waals surface area contributed by atoms with Gasteiger partial charge in [0.25, 0.3) is 0 Å². The van der Waals surface area contributed by atoms with E-state index >= 15 is 0 Å². The summed E-state index contributed by atoms with van der Waals surface area (Å²) in [6.45, 7) is 0. The zero-order valence-corrected chi connectivity index (χ0v) is 29.5. The lowest BCUT2D eigenvalue weighted by molar-refractivity contribution is 0.0600. The van der Waals surface area contributed by atoms with E-state index in [9.17, 15) is 14.7 Å². The third kappa shape index (κ3) is 7.56. The Morgan fingerprint density at radius 2 is 1.21 bits per heavy atom. The number of rotatable bonds is 8. The number of carboxylic acid groups (broad SMARTS) is 1. The highest BCUT2D eigenvalue weighted by Gasteiger charge is 2.25. The predicted octanol–water partition coefficient (Wildman–Crippen LogP) is 8.81. The van der Waals surface area contributed by atoms with E-state index in [4.69, 9.17) is 24.7 Å². The molecule has 52 heavy (non-hydrogen) atoms. The molecule has 2 N–H and O–H groups in total. The molecule has 264 valence electrons. The zero-order chi connectivity index (χ0) is 36.0. The molecular weight excluding hydrogens is 652 g/mol. The monoisotopic (exact) mass is 694 g/mol. The van der Waals surface area contributed by atoms with Crippen molar-refractivity contribution >= 4 is 45.6 Å². The van der Waals surface area contributed by atoms with E-state index in [1.165, 1.54) is 32.8 Å². The number of aromatic nitrogens is 4. The number of nitrogens with zero attached hydrogens (tertiary/aromatic N) is 5. The standard InChI is InChI=1S/2C21H21N3O2/c1-24(16-9-5-6-10-16)20-19(14-7-3-2-4-8-14)22-17-12-11-15(21(25)26)13-18(17)23-20;1-26-21(25)15-11-12-17-18(13-15)24-20(22-16-9-5-6-10-16)19(23-17)14-7-3-2-4-8-14/h2-4,7-8,11-13,16H,5-6,9-10H2,1H3,(H,25,26);2-4,7-8,11-13,16H,5-6,9-10H2,1H3,(H,22,24). The summed E-state index contributed by atoms with van der Waals surface area (Å²) in [6.07, 6.45) is 9.56. The van der Waals surface area contributed by atoms with Gasteiger partial charge in [0.05, 0.1) is 40.3 Å². The molecule has 0 radical (unpaired) electrons. The van der Waals surface area contributed by atoms with Gasteiger partial charge in [-0.1, -0.05) is 86.3 Å². The van der Waals surface area contributed by atoms with Gasteiger partial charge < -0.3 is 20.1 Å². The average molecular weight is 695 g/mol. The minimum atomic E-state index is -0.952. The minimum absolute atomic E-state index is 0.230. The number of hydrogen-bond donors (Lipinski definition) is 2. The molecule has 10 heteroatoms. The highest BCUT2D eigenvalue weighted by Crippen LogP contribution is 2.34. The Morgan fingerprint density at radius 1 is 0.673 bits per heavy atom. The van der Waals surface area contributed by atoms with Crippen molar-refractivity contribution in [1.29, 1.82) is 0 Å². The normalized spacial score (nSPS) is 14.6. The summed E-state index contributed by atoms with van der Waals surface area (Å²) < 4.78 is 4.81. The highest BCUT2D eigenvalue weighted by atomic mass is 16.5. The van der Waals surface area contributed by atoms with Crippen LogP contribution >= 0.6 is 0 Å². The summed E-state index contributed by atoms with van der Waals surface area (Å²) in [6, 6.07) is 31.2. The van der Waals surface area contributed by atoms with E-state index in [1.54, 1.807) is 30.3 Å². The third-order valence-electron chi connectivity index (χ3n) is 9.98. The van der Waals surface area contributed by atoms with Gasteiger partial charge >= 0.3 is 11.9 Å². The van der Waals surface area contributed by atoms with E-state index < -0.39 is 5.97 Å². The molecule has 0 aliphatic heterocycles. The van der Waals surface area contributed by atoms with E-state index in [1.807, 2.05) is 66.7 Å². The molecule has 0 atom stereocenters. The molecule has 2 saturated carbocycles. The number of hydrogen-bond acceptors (Lipinski definition) is 9. The van der Waals surface area contributed by atoms with Crippen LogP contribution in [0.5, 0.6) is 0 Å². The summed E-state index contributed by atoms with van der Waals surface area (Å²) in [5.41, 5.74) is 7.21.